The summed E-state index contributed by atoms with van der Waals surface area (Å²) in [5, 5.41) is 0. The lowest BCUT2D eigenvalue weighted by Gasteiger charge is -1.97. The van der Waals surface area contributed by atoms with Crippen LogP contribution in [0, 0.1) is 0 Å². The zero-order valence-electron chi connectivity index (χ0n) is 3.95. The molecule has 0 rings (SSSR count). The van der Waals surface area contributed by atoms with Gasteiger partial charge in [-0.2, -0.15) is 0 Å². The Kier molecular flexibility index (Phi) is 2.52. The van der Waals surface area contributed by atoms with Crippen molar-refractivity contribution in [3.05, 3.63) is 12.4 Å². The summed E-state index contributed by atoms with van der Waals surface area (Å²) < 4.78 is 26.8. The maximum absolute atomic E-state index is 11.6. The highest BCUT2D eigenvalue weighted by atomic mass is 19.2. The second-order valence-corrected chi connectivity index (χ2v) is 0.999. The Morgan fingerprint density at radius 2 is 2.29 bits per heavy atom. The number of hydrogen-bond acceptors (Lipinski definition) is 1. The van der Waals surface area contributed by atoms with Gasteiger partial charge >= 0.3 is 0 Å². The summed E-state index contributed by atoms with van der Waals surface area (Å²) >= 11 is 0. The number of halogens is 2. The van der Waals surface area contributed by atoms with E-state index in [1.165, 1.54) is 0 Å². The van der Waals surface area contributed by atoms with Crippen LogP contribution < -0.4 is 0 Å². The van der Waals surface area contributed by atoms with Gasteiger partial charge in [0.15, 0.2) is 5.83 Å². The highest BCUT2D eigenvalue weighted by molar-refractivity contribution is 4.83. The molecule has 0 fully saturated rings. The van der Waals surface area contributed by atoms with Gasteiger partial charge in [0.2, 0.25) is 0 Å². The normalized spacial score (nSPS) is 13.6. The fourth-order valence-corrected chi connectivity index (χ4v) is 0.128. The molecule has 3 heteroatoms. The minimum absolute atomic E-state index is 1.06. The second kappa shape index (κ2) is 2.69. The lowest BCUT2D eigenvalue weighted by molar-refractivity contribution is 0.00952. The van der Waals surface area contributed by atoms with Crippen molar-refractivity contribution >= 4 is 0 Å². The summed E-state index contributed by atoms with van der Waals surface area (Å²) in [6, 6.07) is 0. The standard InChI is InChI=1S/C4H6F2O/c1-3(5)4(6)7-2/h4H,1H2,2H3. The molecular weight excluding hydrogens is 102 g/mol. The Morgan fingerprint density at radius 3 is 2.29 bits per heavy atom. The average Bonchev–Trinajstić information content (AvgIpc) is 1.65. The molecule has 0 saturated carbocycles. The average molecular weight is 108 g/mol. The van der Waals surface area contributed by atoms with Crippen LogP contribution in [0.2, 0.25) is 0 Å². The van der Waals surface area contributed by atoms with Crippen molar-refractivity contribution in [3.63, 3.8) is 0 Å². The lowest BCUT2D eigenvalue weighted by atomic mass is 10.6. The summed E-state index contributed by atoms with van der Waals surface area (Å²) in [6.45, 7) is 2.66. The van der Waals surface area contributed by atoms with Gasteiger partial charge < -0.3 is 4.74 Å². The number of ether oxygens (including phenoxy) is 1. The molecule has 0 N–H and O–H groups in total. The molecular formula is C4H6F2O. The Morgan fingerprint density at radius 1 is 1.86 bits per heavy atom. The smallest absolute Gasteiger partial charge is 0.250 e. The fourth-order valence-electron chi connectivity index (χ4n) is 0.128. The lowest BCUT2D eigenvalue weighted by Crippen LogP contribution is -2.00. The molecule has 0 saturated heterocycles. The van der Waals surface area contributed by atoms with E-state index in [0.29, 0.717) is 0 Å². The molecule has 42 valence electrons. The summed E-state index contributed by atoms with van der Waals surface area (Å²) in [5.74, 6) is -1.09. The van der Waals surface area contributed by atoms with Gasteiger partial charge in [0.25, 0.3) is 6.36 Å². The number of alkyl halides is 1. The van der Waals surface area contributed by atoms with Gasteiger partial charge in [-0.3, -0.25) is 0 Å². The van der Waals surface area contributed by atoms with Crippen LogP contribution in [0.3, 0.4) is 0 Å². The molecule has 0 aliphatic rings. The van der Waals surface area contributed by atoms with E-state index in [-0.39, 0.29) is 0 Å². The minimum atomic E-state index is -1.96. The first-order valence-corrected chi connectivity index (χ1v) is 1.69. The van der Waals surface area contributed by atoms with E-state index in [1.54, 1.807) is 0 Å². The molecule has 0 aliphatic heterocycles. The first-order chi connectivity index (χ1) is 3.18. The van der Waals surface area contributed by atoms with Crippen molar-refractivity contribution in [2.24, 2.45) is 0 Å². The third kappa shape index (κ3) is 2.28. The summed E-state index contributed by atoms with van der Waals surface area (Å²) in [7, 11) is 1.06. The Balaban J connectivity index is 3.34. The van der Waals surface area contributed by atoms with Gasteiger partial charge in [-0.05, 0) is 0 Å². The van der Waals surface area contributed by atoms with Crippen molar-refractivity contribution in [2.75, 3.05) is 7.11 Å². The zero-order chi connectivity index (χ0) is 5.86. The molecule has 0 amide bonds. The molecule has 0 aromatic rings. The highest BCUT2D eigenvalue weighted by Crippen LogP contribution is 2.03. The summed E-state index contributed by atoms with van der Waals surface area (Å²) in [4.78, 5) is 0. The van der Waals surface area contributed by atoms with Crippen LogP contribution in [0.4, 0.5) is 8.78 Å². The van der Waals surface area contributed by atoms with E-state index in [9.17, 15) is 8.78 Å². The zero-order valence-corrected chi connectivity index (χ0v) is 3.95. The van der Waals surface area contributed by atoms with Crippen molar-refractivity contribution < 1.29 is 13.5 Å². The van der Waals surface area contributed by atoms with Gasteiger partial charge in [-0.1, -0.05) is 6.58 Å². The molecule has 0 radical (unpaired) electrons. The first kappa shape index (κ1) is 6.56. The fraction of sp³-hybridized carbons (Fsp3) is 0.500. The highest BCUT2D eigenvalue weighted by Gasteiger charge is 2.05. The van der Waals surface area contributed by atoms with E-state index in [1.807, 2.05) is 0 Å². The Bertz CT molecular complexity index is 72.1. The summed E-state index contributed by atoms with van der Waals surface area (Å²) in [5.41, 5.74) is 0. The molecule has 1 unspecified atom stereocenters. The second-order valence-electron chi connectivity index (χ2n) is 0.999. The minimum Gasteiger partial charge on any atom is -0.346 e. The maximum atomic E-state index is 11.6. The molecule has 1 nitrogen and oxygen atoms in total. The van der Waals surface area contributed by atoms with Crippen LogP contribution in [0.5, 0.6) is 0 Å². The summed E-state index contributed by atoms with van der Waals surface area (Å²) in [6.07, 6.45) is -1.96. The van der Waals surface area contributed by atoms with Crippen molar-refractivity contribution in [2.45, 2.75) is 6.36 Å². The first-order valence-electron chi connectivity index (χ1n) is 1.69. The van der Waals surface area contributed by atoms with Gasteiger partial charge in [-0.15, -0.1) is 0 Å². The van der Waals surface area contributed by atoms with Crippen molar-refractivity contribution in [1.82, 2.24) is 0 Å². The molecule has 0 aromatic carbocycles. The Labute approximate surface area is 40.6 Å². The van der Waals surface area contributed by atoms with Crippen LogP contribution in [0.15, 0.2) is 12.4 Å². The van der Waals surface area contributed by atoms with E-state index in [2.05, 4.69) is 11.3 Å². The van der Waals surface area contributed by atoms with Gasteiger partial charge in [0, 0.05) is 7.11 Å². The third-order valence-corrected chi connectivity index (χ3v) is 0.453. The van der Waals surface area contributed by atoms with Crippen LogP contribution in [-0.2, 0) is 4.74 Å². The molecule has 0 heterocycles. The Hall–Kier alpha value is -0.440. The SMILES string of the molecule is C=C(F)C(F)OC. The van der Waals surface area contributed by atoms with Gasteiger partial charge in [0.05, 0.1) is 0 Å². The third-order valence-electron chi connectivity index (χ3n) is 0.453. The molecule has 0 aliphatic carbocycles. The quantitative estimate of drug-likeness (QED) is 0.519. The number of methoxy groups -OCH3 is 1. The molecule has 7 heavy (non-hydrogen) atoms. The van der Waals surface area contributed by atoms with Gasteiger partial charge in [0.1, 0.15) is 0 Å². The molecule has 1 atom stereocenters. The van der Waals surface area contributed by atoms with Crippen LogP contribution in [-0.4, -0.2) is 13.5 Å². The van der Waals surface area contributed by atoms with Crippen molar-refractivity contribution in [3.8, 4) is 0 Å². The van der Waals surface area contributed by atoms with Gasteiger partial charge in [-0.25, -0.2) is 8.78 Å². The van der Waals surface area contributed by atoms with E-state index < -0.39 is 12.2 Å². The topological polar surface area (TPSA) is 9.23 Å². The van der Waals surface area contributed by atoms with Crippen LogP contribution in [0.25, 0.3) is 0 Å². The number of hydrogen-bond donors (Lipinski definition) is 0. The maximum Gasteiger partial charge on any atom is 0.250 e. The monoisotopic (exact) mass is 108 g/mol. The van der Waals surface area contributed by atoms with Crippen molar-refractivity contribution in [1.29, 1.82) is 0 Å². The predicted molar refractivity (Wildman–Crippen MR) is 22.2 cm³/mol. The van der Waals surface area contributed by atoms with Crippen LogP contribution in [0.1, 0.15) is 0 Å². The molecule has 0 aromatic heterocycles. The van der Waals surface area contributed by atoms with E-state index in [0.717, 1.165) is 7.11 Å². The largest absolute Gasteiger partial charge is 0.346 e. The van der Waals surface area contributed by atoms with E-state index >= 15 is 0 Å². The predicted octanol–water partition coefficient (Wildman–Crippen LogP) is 1.41. The van der Waals surface area contributed by atoms with E-state index in [4.69, 9.17) is 0 Å². The van der Waals surface area contributed by atoms with Crippen LogP contribution >= 0.6 is 0 Å². The number of rotatable bonds is 2. The molecule has 0 spiro atoms. The molecule has 0 bridgehead atoms.